The average molecular weight is 427 g/mol. The topological polar surface area (TPSA) is 109 Å². The molecule has 4 aromatic rings. The fraction of sp³-hybridized carbons (Fsp3) is 0.240. The van der Waals surface area contributed by atoms with E-state index >= 15 is 0 Å². The number of para-hydroxylation sites is 1. The van der Waals surface area contributed by atoms with E-state index in [0.29, 0.717) is 17.9 Å². The van der Waals surface area contributed by atoms with Crippen LogP contribution in [0.2, 0.25) is 0 Å². The molecule has 5 rings (SSSR count). The van der Waals surface area contributed by atoms with Crippen LogP contribution in [0, 0.1) is 6.92 Å². The van der Waals surface area contributed by atoms with Gasteiger partial charge in [0.25, 0.3) is 5.91 Å². The van der Waals surface area contributed by atoms with E-state index in [4.69, 9.17) is 15.7 Å². The minimum atomic E-state index is -0.458. The smallest absolute Gasteiger partial charge is 0.250 e. The lowest BCUT2D eigenvalue weighted by Gasteiger charge is -2.16. The monoisotopic (exact) mass is 426 g/mol. The summed E-state index contributed by atoms with van der Waals surface area (Å²) in [6, 6.07) is 15.8. The first kappa shape index (κ1) is 20.1. The summed E-state index contributed by atoms with van der Waals surface area (Å²) >= 11 is 0. The highest BCUT2D eigenvalue weighted by Gasteiger charge is 2.22. The van der Waals surface area contributed by atoms with Crippen LogP contribution in [0.15, 0.2) is 48.5 Å². The molecule has 1 aliphatic rings. The van der Waals surface area contributed by atoms with Crippen molar-refractivity contribution in [2.75, 3.05) is 17.2 Å². The Kier molecular flexibility index (Phi) is 5.23. The molecule has 0 saturated carbocycles. The summed E-state index contributed by atoms with van der Waals surface area (Å²) in [5.41, 5.74) is 11.8. The summed E-state index contributed by atoms with van der Waals surface area (Å²) in [6.45, 7) is 3.55. The Hall–Kier alpha value is -3.87. The highest BCUT2D eigenvalue weighted by Crippen LogP contribution is 2.35. The van der Waals surface area contributed by atoms with Gasteiger partial charge in [0.15, 0.2) is 11.6 Å². The lowest BCUT2D eigenvalue weighted by atomic mass is 10.1. The fourth-order valence-corrected chi connectivity index (χ4v) is 4.37. The van der Waals surface area contributed by atoms with Crippen molar-refractivity contribution in [2.24, 2.45) is 5.73 Å². The van der Waals surface area contributed by atoms with Gasteiger partial charge in [0, 0.05) is 29.7 Å². The Morgan fingerprint density at radius 1 is 1.09 bits per heavy atom. The number of H-pyrrole nitrogens is 1. The number of aromatic nitrogens is 3. The van der Waals surface area contributed by atoms with Gasteiger partial charge in [0.1, 0.15) is 0 Å². The lowest BCUT2D eigenvalue weighted by Crippen LogP contribution is -2.11. The lowest BCUT2D eigenvalue weighted by molar-refractivity contribution is 0.100. The Bertz CT molecular complexity index is 1300. The Labute approximate surface area is 186 Å². The molecule has 0 fully saturated rings. The van der Waals surface area contributed by atoms with Crippen molar-refractivity contribution in [1.82, 2.24) is 15.0 Å². The van der Waals surface area contributed by atoms with Gasteiger partial charge >= 0.3 is 0 Å². The van der Waals surface area contributed by atoms with Crippen molar-refractivity contribution in [3.05, 3.63) is 71.0 Å². The number of aryl methyl sites for hydroxylation is 2. The zero-order valence-electron chi connectivity index (χ0n) is 18.0. The van der Waals surface area contributed by atoms with Gasteiger partial charge in [-0.15, -0.1) is 0 Å². The van der Waals surface area contributed by atoms with Gasteiger partial charge in [-0.05, 0) is 37.8 Å². The summed E-state index contributed by atoms with van der Waals surface area (Å²) in [4.78, 5) is 25.2. The number of hydrogen-bond acceptors (Lipinski definition) is 5. The number of aromatic amines is 1. The molecule has 162 valence electrons. The van der Waals surface area contributed by atoms with E-state index in [1.165, 1.54) is 5.56 Å². The standard InChI is InChI=1S/C25H26N6O/c1-15-20(17-10-7-11-18(23(26)32)21(17)29-15)24-30-19-12-5-6-13-27-22(19)25(31-24)28-14-16-8-3-2-4-9-16/h2-4,7-11,27,29H,5-6,12-14H2,1H3,(H2,26,32)(H,28,30,31). The maximum absolute atomic E-state index is 11.9. The number of carbonyl (C=O) groups excluding carboxylic acids is 1. The summed E-state index contributed by atoms with van der Waals surface area (Å²) < 4.78 is 0. The number of rotatable bonds is 5. The fourth-order valence-electron chi connectivity index (χ4n) is 4.37. The number of nitrogens with zero attached hydrogens (tertiary/aromatic N) is 2. The largest absolute Gasteiger partial charge is 0.381 e. The molecule has 7 nitrogen and oxygen atoms in total. The molecule has 0 aliphatic carbocycles. The number of nitrogens with one attached hydrogen (secondary N) is 3. The summed E-state index contributed by atoms with van der Waals surface area (Å²) in [5, 5.41) is 7.94. The molecule has 32 heavy (non-hydrogen) atoms. The summed E-state index contributed by atoms with van der Waals surface area (Å²) in [5.74, 6) is 0.990. The van der Waals surface area contributed by atoms with E-state index in [1.807, 2.05) is 37.3 Å². The minimum absolute atomic E-state index is 0.458. The van der Waals surface area contributed by atoms with Crippen molar-refractivity contribution in [3.63, 3.8) is 0 Å². The van der Waals surface area contributed by atoms with Crippen LogP contribution in [0.1, 0.15) is 40.2 Å². The SMILES string of the molecule is Cc1[nH]c2c(C(N)=O)cccc2c1-c1nc2c(c(NCc3ccccc3)n1)NCCCC2. The molecule has 0 radical (unpaired) electrons. The number of benzene rings is 2. The molecule has 0 atom stereocenters. The first-order valence-electron chi connectivity index (χ1n) is 11.0. The second-order valence-corrected chi connectivity index (χ2v) is 8.16. The second kappa shape index (κ2) is 8.34. The third kappa shape index (κ3) is 3.66. The van der Waals surface area contributed by atoms with Crippen LogP contribution >= 0.6 is 0 Å². The number of primary amides is 1. The molecule has 7 heteroatoms. The number of fused-ring (bicyclic) bond motifs is 2. The van der Waals surface area contributed by atoms with Crippen LogP contribution in [-0.2, 0) is 13.0 Å². The highest BCUT2D eigenvalue weighted by atomic mass is 16.1. The van der Waals surface area contributed by atoms with Gasteiger partial charge in [-0.3, -0.25) is 4.79 Å². The van der Waals surface area contributed by atoms with Crippen LogP contribution in [0.4, 0.5) is 11.5 Å². The zero-order chi connectivity index (χ0) is 22.1. The molecule has 2 aromatic carbocycles. The van der Waals surface area contributed by atoms with Crippen molar-refractivity contribution in [1.29, 1.82) is 0 Å². The average Bonchev–Trinajstić information content (AvgIpc) is 2.96. The summed E-state index contributed by atoms with van der Waals surface area (Å²) in [7, 11) is 0. The predicted octanol–water partition coefficient (Wildman–Crippen LogP) is 4.39. The first-order chi connectivity index (χ1) is 15.6. The van der Waals surface area contributed by atoms with Crippen LogP contribution in [0.3, 0.4) is 0 Å². The Morgan fingerprint density at radius 3 is 2.75 bits per heavy atom. The maximum Gasteiger partial charge on any atom is 0.250 e. The molecular formula is C25H26N6O. The molecule has 0 spiro atoms. The highest BCUT2D eigenvalue weighted by molar-refractivity contribution is 6.09. The molecule has 3 heterocycles. The Balaban J connectivity index is 1.63. The van der Waals surface area contributed by atoms with Crippen LogP contribution in [0.5, 0.6) is 0 Å². The quantitative estimate of drug-likeness (QED) is 0.378. The van der Waals surface area contributed by atoms with Gasteiger partial charge < -0.3 is 21.4 Å². The number of hydrogen-bond donors (Lipinski definition) is 4. The van der Waals surface area contributed by atoms with E-state index in [1.54, 1.807) is 6.07 Å². The Morgan fingerprint density at radius 2 is 1.94 bits per heavy atom. The van der Waals surface area contributed by atoms with Crippen molar-refractivity contribution < 1.29 is 4.79 Å². The third-order valence-electron chi connectivity index (χ3n) is 5.94. The molecule has 1 amide bonds. The van der Waals surface area contributed by atoms with Crippen molar-refractivity contribution >= 4 is 28.3 Å². The van der Waals surface area contributed by atoms with E-state index in [-0.39, 0.29) is 0 Å². The van der Waals surface area contributed by atoms with Gasteiger partial charge in [-0.1, -0.05) is 42.5 Å². The normalized spacial score (nSPS) is 13.3. The van der Waals surface area contributed by atoms with Crippen LogP contribution < -0.4 is 16.4 Å². The molecule has 0 saturated heterocycles. The maximum atomic E-state index is 11.9. The van der Waals surface area contributed by atoms with E-state index in [0.717, 1.165) is 65.2 Å². The number of amides is 1. The van der Waals surface area contributed by atoms with Crippen LogP contribution in [-0.4, -0.2) is 27.4 Å². The molecule has 0 bridgehead atoms. The van der Waals surface area contributed by atoms with Gasteiger partial charge in [-0.25, -0.2) is 9.97 Å². The molecule has 0 unspecified atom stereocenters. The predicted molar refractivity (Wildman–Crippen MR) is 128 cm³/mol. The second-order valence-electron chi connectivity index (χ2n) is 8.16. The van der Waals surface area contributed by atoms with E-state index in [9.17, 15) is 4.79 Å². The molecule has 5 N–H and O–H groups in total. The number of nitrogens with two attached hydrogens (primary N) is 1. The third-order valence-corrected chi connectivity index (χ3v) is 5.94. The zero-order valence-corrected chi connectivity index (χ0v) is 18.0. The summed E-state index contributed by atoms with van der Waals surface area (Å²) in [6.07, 6.45) is 3.07. The van der Waals surface area contributed by atoms with E-state index < -0.39 is 5.91 Å². The first-order valence-corrected chi connectivity index (χ1v) is 11.0. The molecular weight excluding hydrogens is 400 g/mol. The van der Waals surface area contributed by atoms with Gasteiger partial charge in [0.2, 0.25) is 0 Å². The number of anilines is 2. The van der Waals surface area contributed by atoms with Crippen LogP contribution in [0.25, 0.3) is 22.3 Å². The van der Waals surface area contributed by atoms with E-state index in [2.05, 4.69) is 27.8 Å². The van der Waals surface area contributed by atoms with Gasteiger partial charge in [-0.2, -0.15) is 0 Å². The van der Waals surface area contributed by atoms with Gasteiger partial charge in [0.05, 0.1) is 22.5 Å². The minimum Gasteiger partial charge on any atom is -0.381 e. The molecule has 2 aromatic heterocycles. The number of carbonyl (C=O) groups is 1. The van der Waals surface area contributed by atoms with Crippen molar-refractivity contribution in [3.8, 4) is 11.4 Å². The van der Waals surface area contributed by atoms with Crippen molar-refractivity contribution in [2.45, 2.75) is 32.7 Å². The molecule has 1 aliphatic heterocycles.